The minimum absolute atomic E-state index is 0.00256. The molecule has 1 aliphatic heterocycles. The van der Waals surface area contributed by atoms with Crippen LogP contribution in [0.3, 0.4) is 0 Å². The van der Waals surface area contributed by atoms with E-state index in [-0.39, 0.29) is 40.6 Å². The van der Waals surface area contributed by atoms with E-state index in [0.717, 1.165) is 6.26 Å². The molecule has 0 aliphatic carbocycles. The van der Waals surface area contributed by atoms with Crippen LogP contribution in [-0.4, -0.2) is 73.9 Å². The first-order chi connectivity index (χ1) is 18.7. The van der Waals surface area contributed by atoms with Crippen LogP contribution in [-0.2, 0) is 27.8 Å². The van der Waals surface area contributed by atoms with Gasteiger partial charge in [0.1, 0.15) is 12.3 Å². The number of sulfonamides is 1. The zero-order valence-electron chi connectivity index (χ0n) is 21.9. The summed E-state index contributed by atoms with van der Waals surface area (Å²) in [6.07, 6.45) is 0.338. The van der Waals surface area contributed by atoms with Crippen molar-refractivity contribution in [2.24, 2.45) is 0 Å². The molecule has 5 N–H and O–H groups in total. The van der Waals surface area contributed by atoms with Crippen LogP contribution >= 0.6 is 34.8 Å². The number of amides is 2. The fourth-order valence-corrected chi connectivity index (χ4v) is 5.63. The van der Waals surface area contributed by atoms with Gasteiger partial charge in [-0.1, -0.05) is 34.8 Å². The average Bonchev–Trinajstić information content (AvgIpc) is 2.84. The van der Waals surface area contributed by atoms with Gasteiger partial charge in [0.25, 0.3) is 11.8 Å². The van der Waals surface area contributed by atoms with E-state index in [9.17, 15) is 27.9 Å². The fourth-order valence-electron chi connectivity index (χ4n) is 4.16. The molecule has 2 amide bonds. The van der Waals surface area contributed by atoms with Gasteiger partial charge in [0, 0.05) is 36.3 Å². The van der Waals surface area contributed by atoms with E-state index in [1.54, 1.807) is 49.1 Å². The first-order valence-electron chi connectivity index (χ1n) is 12.2. The fraction of sp³-hybridized carbons (Fsp3) is 0.400. The molecule has 0 spiro atoms. The quantitative estimate of drug-likeness (QED) is 0.236. The largest absolute Gasteiger partial charge is 0.480 e. The van der Waals surface area contributed by atoms with Crippen molar-refractivity contribution in [2.75, 3.05) is 19.3 Å². The Hall–Kier alpha value is -2.45. The number of carboxylic acid groups (broad SMARTS) is 1. The molecule has 0 aromatic heterocycles. The molecule has 0 fully saturated rings. The number of carbonyl (C=O) groups is 3. The molecule has 0 radical (unpaired) electrons. The number of hydrogen-bond donors (Lipinski definition) is 5. The molecule has 1 aliphatic rings. The molecule has 0 saturated carbocycles. The van der Waals surface area contributed by atoms with E-state index in [1.165, 1.54) is 0 Å². The van der Waals surface area contributed by atoms with Crippen LogP contribution in [0.2, 0.25) is 15.1 Å². The monoisotopic (exact) mass is 633 g/mol. The van der Waals surface area contributed by atoms with Gasteiger partial charge in [0.2, 0.25) is 10.0 Å². The van der Waals surface area contributed by atoms with Gasteiger partial charge in [-0.25, -0.2) is 13.2 Å². The van der Waals surface area contributed by atoms with Crippen LogP contribution in [0.1, 0.15) is 45.7 Å². The van der Waals surface area contributed by atoms with E-state index >= 15 is 0 Å². The van der Waals surface area contributed by atoms with Gasteiger partial charge < -0.3 is 15.3 Å². The molecule has 40 heavy (non-hydrogen) atoms. The van der Waals surface area contributed by atoms with E-state index in [2.05, 4.69) is 20.7 Å². The highest BCUT2D eigenvalue weighted by molar-refractivity contribution is 7.88. The molecule has 2 aromatic rings. The summed E-state index contributed by atoms with van der Waals surface area (Å²) in [5, 5.41) is 18.3. The van der Waals surface area contributed by atoms with Crippen molar-refractivity contribution < 1.29 is 27.9 Å². The Morgan fingerprint density at radius 3 is 2.33 bits per heavy atom. The van der Waals surface area contributed by atoms with E-state index in [0.29, 0.717) is 34.7 Å². The smallest absolute Gasteiger partial charge is 0.327 e. The van der Waals surface area contributed by atoms with Crippen molar-refractivity contribution >= 4 is 62.6 Å². The second kappa shape index (κ2) is 13.5. The van der Waals surface area contributed by atoms with Crippen molar-refractivity contribution in [2.45, 2.75) is 45.2 Å². The first kappa shape index (κ1) is 32.1. The third kappa shape index (κ3) is 8.53. The average molecular weight is 635 g/mol. The van der Waals surface area contributed by atoms with Crippen LogP contribution < -0.4 is 20.7 Å². The molecule has 1 unspecified atom stereocenters. The van der Waals surface area contributed by atoms with Crippen LogP contribution in [0.4, 0.5) is 0 Å². The molecule has 2 aromatic carbocycles. The van der Waals surface area contributed by atoms with Crippen LogP contribution in [0.5, 0.6) is 0 Å². The highest BCUT2D eigenvalue weighted by Gasteiger charge is 2.30. The molecule has 0 saturated heterocycles. The summed E-state index contributed by atoms with van der Waals surface area (Å²) in [6.45, 7) is 3.80. The van der Waals surface area contributed by atoms with Crippen LogP contribution in [0, 0.1) is 0 Å². The zero-order valence-corrected chi connectivity index (χ0v) is 25.0. The molecule has 3 rings (SSSR count). The zero-order chi connectivity index (χ0) is 29.8. The Morgan fingerprint density at radius 2 is 1.75 bits per heavy atom. The third-order valence-electron chi connectivity index (χ3n) is 5.97. The van der Waals surface area contributed by atoms with Gasteiger partial charge in [0.15, 0.2) is 0 Å². The summed E-state index contributed by atoms with van der Waals surface area (Å²) >= 11 is 18.9. The predicted octanol–water partition coefficient (Wildman–Crippen LogP) is 2.45. The predicted molar refractivity (Wildman–Crippen MR) is 153 cm³/mol. The highest BCUT2D eigenvalue weighted by Crippen LogP contribution is 2.35. The maximum atomic E-state index is 13.1. The van der Waals surface area contributed by atoms with Gasteiger partial charge in [-0.3, -0.25) is 20.2 Å². The Morgan fingerprint density at radius 1 is 1.10 bits per heavy atom. The van der Waals surface area contributed by atoms with Crippen molar-refractivity contribution in [3.63, 3.8) is 0 Å². The van der Waals surface area contributed by atoms with Gasteiger partial charge in [-0.05, 0) is 61.7 Å². The third-order valence-corrected chi connectivity index (χ3v) is 7.60. The molecular weight excluding hydrogens is 605 g/mol. The van der Waals surface area contributed by atoms with Crippen molar-refractivity contribution in [3.05, 3.63) is 67.7 Å². The normalized spacial score (nSPS) is 14.9. The number of carbonyl (C=O) groups excluding carboxylic acids is 2. The number of carboxylic acids is 1. The molecule has 1 heterocycles. The Bertz CT molecular complexity index is 1390. The second-order valence-electron chi connectivity index (χ2n) is 9.59. The lowest BCUT2D eigenvalue weighted by atomic mass is 9.96. The summed E-state index contributed by atoms with van der Waals surface area (Å²) in [7, 11) is -3.62. The van der Waals surface area contributed by atoms with Gasteiger partial charge in [-0.2, -0.15) is 4.72 Å². The summed E-state index contributed by atoms with van der Waals surface area (Å²) in [5.41, 5.74) is 1.70. The minimum atomic E-state index is -3.62. The van der Waals surface area contributed by atoms with Crippen molar-refractivity contribution in [1.82, 2.24) is 25.6 Å². The number of halogens is 3. The topological polar surface area (TPSA) is 157 Å². The van der Waals surface area contributed by atoms with Gasteiger partial charge >= 0.3 is 5.97 Å². The number of hydrogen-bond acceptors (Lipinski definition) is 7. The summed E-state index contributed by atoms with van der Waals surface area (Å²) in [4.78, 5) is 39.6. The highest BCUT2D eigenvalue weighted by atomic mass is 35.5. The number of nitrogens with one attached hydrogen (secondary N) is 4. The van der Waals surface area contributed by atoms with Gasteiger partial charge in [-0.15, -0.1) is 0 Å². The number of benzene rings is 2. The van der Waals surface area contributed by atoms with Crippen molar-refractivity contribution in [1.29, 1.82) is 0 Å². The maximum Gasteiger partial charge on any atom is 0.327 e. The minimum Gasteiger partial charge on any atom is -0.480 e. The first-order valence-corrected chi connectivity index (χ1v) is 15.2. The molecule has 0 bridgehead atoms. The molecule has 2 atom stereocenters. The molecule has 11 nitrogen and oxygen atoms in total. The van der Waals surface area contributed by atoms with Crippen LogP contribution in [0.15, 0.2) is 30.3 Å². The van der Waals surface area contributed by atoms with Crippen LogP contribution in [0.25, 0.3) is 0 Å². The number of nitrogens with zero attached hydrogens (tertiary/aromatic N) is 1. The summed E-state index contributed by atoms with van der Waals surface area (Å²) in [5.74, 6) is -2.36. The molecular formula is C25H30Cl3N5O6S. The lowest BCUT2D eigenvalue weighted by molar-refractivity contribution is -0.139. The number of aliphatic carboxylic acids is 1. The van der Waals surface area contributed by atoms with E-state index in [4.69, 9.17) is 34.8 Å². The number of fused-ring (bicyclic) bond motifs is 1. The summed E-state index contributed by atoms with van der Waals surface area (Å²) in [6, 6.07) is 6.50. The van der Waals surface area contributed by atoms with E-state index in [1.807, 2.05) is 0 Å². The molecule has 218 valence electrons. The SMILES string of the molecule is CC(C)NC(NC[C@H](NC(=O)c1c(Cl)cc2c(c1Cl)CCN(C(=O)c1ccc(Cl)cc1)C2)C(=O)O)NS(C)(=O)=O. The maximum absolute atomic E-state index is 13.1. The Kier molecular flexibility index (Phi) is 10.8. The van der Waals surface area contributed by atoms with Crippen molar-refractivity contribution in [3.8, 4) is 0 Å². The summed E-state index contributed by atoms with van der Waals surface area (Å²) < 4.78 is 25.6. The lowest BCUT2D eigenvalue weighted by Crippen LogP contribution is -2.59. The lowest BCUT2D eigenvalue weighted by Gasteiger charge is -2.30. The van der Waals surface area contributed by atoms with Gasteiger partial charge in [0.05, 0.1) is 21.9 Å². The number of rotatable bonds is 11. The Labute approximate surface area is 247 Å². The molecule has 15 heteroatoms. The Balaban J connectivity index is 1.75. The standard InChI is InChI=1S/C25H30Cl3N5O6S/c1-13(2)30-25(32-40(3,38)39)29-11-19(24(36)37)31-22(34)20-18(27)10-15-12-33(9-8-17(15)21(20)28)23(35)14-4-6-16(26)7-5-14/h4-7,10,13,19,25,29-30,32H,8-9,11-12H2,1-3H3,(H,31,34)(H,36,37)/t19-,25?/m0/s1. The van der Waals surface area contributed by atoms with E-state index < -0.39 is 34.2 Å². The second-order valence-corrected chi connectivity index (χ2v) is 12.6.